The molecule has 0 aliphatic carbocycles. The molecule has 0 bridgehead atoms. The number of rotatable bonds is 3. The van der Waals surface area contributed by atoms with Crippen molar-refractivity contribution < 1.29 is 4.79 Å². The van der Waals surface area contributed by atoms with Gasteiger partial charge < -0.3 is 0 Å². The molecule has 15 heavy (non-hydrogen) atoms. The topological polar surface area (TPSA) is 20.3 Å². The van der Waals surface area contributed by atoms with Crippen molar-refractivity contribution in [2.45, 2.75) is 11.8 Å². The zero-order valence-electron chi connectivity index (χ0n) is 8.41. The monoisotopic (exact) mass is 263 g/mol. The average molecular weight is 264 g/mol. The molecule has 0 radical (unpaired) electrons. The summed E-state index contributed by atoms with van der Waals surface area (Å²) < 4.78 is 0. The number of nitrogens with zero attached hydrogens (tertiary/aromatic N) is 1. The van der Waals surface area contributed by atoms with E-state index in [2.05, 4.69) is 0 Å². The highest BCUT2D eigenvalue weighted by Gasteiger charge is 2.19. The average Bonchev–Trinajstić information content (AvgIpc) is 2.20. The molecule has 0 heterocycles. The Kier molecular flexibility index (Phi) is 4.77. The van der Waals surface area contributed by atoms with Crippen molar-refractivity contribution in [2.75, 3.05) is 11.2 Å². The minimum Gasteiger partial charge on any atom is -0.286 e. The van der Waals surface area contributed by atoms with Crippen molar-refractivity contribution in [1.29, 1.82) is 0 Å². The van der Waals surface area contributed by atoms with E-state index in [0.29, 0.717) is 5.02 Å². The maximum atomic E-state index is 11.4. The van der Waals surface area contributed by atoms with Crippen molar-refractivity contribution >= 4 is 46.6 Å². The molecular formula is C10H11Cl2NOS. The van der Waals surface area contributed by atoms with E-state index in [1.165, 1.54) is 23.6 Å². The number of hydrogen-bond acceptors (Lipinski definition) is 2. The highest BCUT2D eigenvalue weighted by molar-refractivity contribution is 8.00. The van der Waals surface area contributed by atoms with Gasteiger partial charge in [-0.25, -0.2) is 0 Å². The molecular weight excluding hydrogens is 253 g/mol. The maximum Gasteiger partial charge on any atom is 0.225 e. The summed E-state index contributed by atoms with van der Waals surface area (Å²) in [4.78, 5) is 12.5. The Bertz CT molecular complexity index is 342. The van der Waals surface area contributed by atoms with Crippen molar-refractivity contribution in [3.63, 3.8) is 0 Å². The van der Waals surface area contributed by atoms with Crippen molar-refractivity contribution in [2.24, 2.45) is 0 Å². The summed E-state index contributed by atoms with van der Waals surface area (Å²) in [5, 5.41) is 0.637. The summed E-state index contributed by atoms with van der Waals surface area (Å²) in [6, 6.07) is 7.01. The standard InChI is InChI=1S/C10H11Cl2NOS/c1-7(14)13(10(12)15-2)9-5-3-8(11)4-6-9/h3-6,10H,1-2H3. The Hall–Kier alpha value is -0.380. The summed E-state index contributed by atoms with van der Waals surface area (Å²) in [5.74, 6) is -0.0910. The van der Waals surface area contributed by atoms with Gasteiger partial charge >= 0.3 is 0 Å². The molecule has 1 unspecified atom stereocenters. The molecule has 5 heteroatoms. The predicted molar refractivity (Wildman–Crippen MR) is 67.8 cm³/mol. The van der Waals surface area contributed by atoms with Crippen LogP contribution in [0.3, 0.4) is 0 Å². The van der Waals surface area contributed by atoms with Crippen LogP contribution in [0.4, 0.5) is 5.69 Å². The zero-order chi connectivity index (χ0) is 11.4. The van der Waals surface area contributed by atoms with E-state index in [1.54, 1.807) is 24.3 Å². The lowest BCUT2D eigenvalue weighted by atomic mass is 10.3. The second-order valence-corrected chi connectivity index (χ2v) is 4.92. The molecule has 1 aromatic rings. The quantitative estimate of drug-likeness (QED) is 0.472. The van der Waals surface area contributed by atoms with Gasteiger partial charge in [0.2, 0.25) is 5.91 Å². The first-order valence-corrected chi connectivity index (χ1v) is 6.38. The van der Waals surface area contributed by atoms with Crippen LogP contribution >= 0.6 is 35.0 Å². The lowest BCUT2D eigenvalue weighted by molar-refractivity contribution is -0.116. The molecule has 1 amide bonds. The highest BCUT2D eigenvalue weighted by Crippen LogP contribution is 2.26. The Morgan fingerprint density at radius 3 is 2.33 bits per heavy atom. The number of alkyl halides is 1. The molecule has 1 atom stereocenters. The Labute approximate surface area is 104 Å². The Balaban J connectivity index is 2.99. The first kappa shape index (κ1) is 12.7. The molecule has 0 N–H and O–H groups in total. The van der Waals surface area contributed by atoms with E-state index in [4.69, 9.17) is 23.2 Å². The molecule has 1 rings (SSSR count). The number of carbonyl (C=O) groups excluding carboxylic acids is 1. The predicted octanol–water partition coefficient (Wildman–Crippen LogP) is 3.58. The van der Waals surface area contributed by atoms with Crippen LogP contribution in [-0.4, -0.2) is 17.0 Å². The van der Waals surface area contributed by atoms with E-state index >= 15 is 0 Å². The lowest BCUT2D eigenvalue weighted by Crippen LogP contribution is -2.33. The number of anilines is 1. The van der Waals surface area contributed by atoms with Gasteiger partial charge in [0, 0.05) is 17.6 Å². The minimum atomic E-state index is -0.399. The van der Waals surface area contributed by atoms with Crippen LogP contribution in [0.1, 0.15) is 6.92 Å². The van der Waals surface area contributed by atoms with Crippen molar-refractivity contribution in [3.05, 3.63) is 29.3 Å². The fourth-order valence-corrected chi connectivity index (χ4v) is 2.01. The fraction of sp³-hybridized carbons (Fsp3) is 0.300. The van der Waals surface area contributed by atoms with Gasteiger partial charge in [-0.3, -0.25) is 9.69 Å². The molecule has 0 saturated carbocycles. The Morgan fingerprint density at radius 1 is 1.40 bits per heavy atom. The van der Waals surface area contributed by atoms with E-state index in [-0.39, 0.29) is 5.91 Å². The Morgan fingerprint density at radius 2 is 1.93 bits per heavy atom. The number of carbonyl (C=O) groups is 1. The largest absolute Gasteiger partial charge is 0.286 e. The molecule has 0 aromatic heterocycles. The van der Waals surface area contributed by atoms with Crippen LogP contribution in [0.5, 0.6) is 0 Å². The van der Waals surface area contributed by atoms with E-state index in [9.17, 15) is 4.79 Å². The molecule has 0 aliphatic heterocycles. The summed E-state index contributed by atoms with van der Waals surface area (Å²) in [6.07, 6.45) is 1.85. The van der Waals surface area contributed by atoms with Gasteiger partial charge in [0.1, 0.15) is 0 Å². The summed E-state index contributed by atoms with van der Waals surface area (Å²) in [6.45, 7) is 1.49. The SMILES string of the molecule is CSC(Cl)N(C(C)=O)c1ccc(Cl)cc1. The first-order valence-electron chi connectivity index (χ1n) is 4.28. The molecule has 1 aromatic carbocycles. The summed E-state index contributed by atoms with van der Waals surface area (Å²) in [5.41, 5.74) is 0.751. The number of amides is 1. The van der Waals surface area contributed by atoms with Crippen LogP contribution in [0.25, 0.3) is 0 Å². The normalized spacial score (nSPS) is 12.3. The van der Waals surface area contributed by atoms with Crippen LogP contribution in [0.2, 0.25) is 5.02 Å². The van der Waals surface area contributed by atoms with Crippen LogP contribution in [0.15, 0.2) is 24.3 Å². The number of halogens is 2. The van der Waals surface area contributed by atoms with Crippen LogP contribution < -0.4 is 4.90 Å². The minimum absolute atomic E-state index is 0.0910. The van der Waals surface area contributed by atoms with Gasteiger partial charge in [-0.15, -0.1) is 11.8 Å². The highest BCUT2D eigenvalue weighted by atomic mass is 35.5. The van der Waals surface area contributed by atoms with E-state index in [0.717, 1.165) is 5.69 Å². The molecule has 0 aliphatic rings. The second kappa shape index (κ2) is 5.64. The fourth-order valence-electron chi connectivity index (χ4n) is 1.15. The van der Waals surface area contributed by atoms with E-state index in [1.807, 2.05) is 6.26 Å². The van der Waals surface area contributed by atoms with E-state index < -0.39 is 4.83 Å². The van der Waals surface area contributed by atoms with Gasteiger partial charge in [0.25, 0.3) is 0 Å². The summed E-state index contributed by atoms with van der Waals surface area (Å²) >= 11 is 13.2. The molecule has 0 fully saturated rings. The first-order chi connectivity index (χ1) is 7.06. The van der Waals surface area contributed by atoms with Gasteiger partial charge in [-0.1, -0.05) is 23.2 Å². The third-order valence-electron chi connectivity index (χ3n) is 1.84. The van der Waals surface area contributed by atoms with Gasteiger partial charge in [-0.2, -0.15) is 0 Å². The molecule has 2 nitrogen and oxygen atoms in total. The molecule has 0 spiro atoms. The number of hydrogen-bond donors (Lipinski definition) is 0. The van der Waals surface area contributed by atoms with Crippen molar-refractivity contribution in [3.8, 4) is 0 Å². The lowest BCUT2D eigenvalue weighted by Gasteiger charge is -2.24. The van der Waals surface area contributed by atoms with Crippen LogP contribution in [-0.2, 0) is 4.79 Å². The smallest absolute Gasteiger partial charge is 0.225 e. The molecule has 0 saturated heterocycles. The maximum absolute atomic E-state index is 11.4. The summed E-state index contributed by atoms with van der Waals surface area (Å²) in [7, 11) is 0. The molecule has 82 valence electrons. The van der Waals surface area contributed by atoms with Gasteiger partial charge in [-0.05, 0) is 30.5 Å². The number of benzene rings is 1. The second-order valence-electron chi connectivity index (χ2n) is 2.89. The third-order valence-corrected chi connectivity index (χ3v) is 3.42. The number of thioether (sulfide) groups is 1. The van der Waals surface area contributed by atoms with Crippen molar-refractivity contribution in [1.82, 2.24) is 0 Å². The van der Waals surface area contributed by atoms with Gasteiger partial charge in [0.15, 0.2) is 4.83 Å². The van der Waals surface area contributed by atoms with Gasteiger partial charge in [0.05, 0.1) is 0 Å². The third kappa shape index (κ3) is 3.30. The van der Waals surface area contributed by atoms with Crippen LogP contribution in [0, 0.1) is 0 Å². The zero-order valence-corrected chi connectivity index (χ0v) is 10.7.